The number of carbonyl (C=O) groups excluding carboxylic acids is 1. The topological polar surface area (TPSA) is 67.8 Å². The molecule has 0 radical (unpaired) electrons. The molecule has 0 aromatic heterocycles. The second kappa shape index (κ2) is 17.6. The molecule has 2 atom stereocenters. The van der Waals surface area contributed by atoms with Crippen LogP contribution in [0.15, 0.2) is 12.2 Å². The van der Waals surface area contributed by atoms with Crippen LogP contribution in [0, 0.1) is 0 Å². The van der Waals surface area contributed by atoms with Gasteiger partial charge < -0.3 is 19.6 Å². The van der Waals surface area contributed by atoms with Gasteiger partial charge in [0.15, 0.2) is 8.32 Å². The Balaban J connectivity index is 4.49. The SMILES string of the molecule is CCCCCCCCCCCCC/C=C/[C@@H](O)[C@H](CO[Si](C)(C)C(C)(C)C)NC(=O)OC(C)(C)C. The molecule has 0 unspecified atom stereocenters. The first kappa shape index (κ1) is 34.1. The predicted octanol–water partition coefficient (Wildman–Crippen LogP) is 8.52. The summed E-state index contributed by atoms with van der Waals surface area (Å²) >= 11 is 0. The zero-order chi connectivity index (χ0) is 27.0. The molecule has 0 saturated heterocycles. The molecule has 6 heteroatoms. The van der Waals surface area contributed by atoms with Crippen LogP contribution in [0.5, 0.6) is 0 Å². The van der Waals surface area contributed by atoms with E-state index in [0.717, 1.165) is 12.8 Å². The molecule has 0 spiro atoms. The minimum atomic E-state index is -2.01. The van der Waals surface area contributed by atoms with Crippen LogP contribution in [0.4, 0.5) is 4.79 Å². The van der Waals surface area contributed by atoms with Crippen molar-refractivity contribution in [1.29, 1.82) is 0 Å². The number of carbonyl (C=O) groups is 1. The first-order valence-corrected chi connectivity index (χ1v) is 17.1. The van der Waals surface area contributed by atoms with Crippen LogP contribution in [0.3, 0.4) is 0 Å². The van der Waals surface area contributed by atoms with Crippen LogP contribution in [0.2, 0.25) is 18.1 Å². The summed E-state index contributed by atoms with van der Waals surface area (Å²) in [5.74, 6) is 0. The minimum Gasteiger partial charge on any atom is -0.444 e. The van der Waals surface area contributed by atoms with Crippen molar-refractivity contribution in [2.75, 3.05) is 6.61 Å². The van der Waals surface area contributed by atoms with Gasteiger partial charge in [0.1, 0.15) is 5.60 Å². The van der Waals surface area contributed by atoms with Gasteiger partial charge in [0.25, 0.3) is 0 Å². The molecule has 0 fully saturated rings. The molecule has 35 heavy (non-hydrogen) atoms. The number of amides is 1. The zero-order valence-corrected chi connectivity index (χ0v) is 25.7. The summed E-state index contributed by atoms with van der Waals surface area (Å²) < 4.78 is 11.7. The molecule has 0 aliphatic heterocycles. The summed E-state index contributed by atoms with van der Waals surface area (Å²) in [4.78, 5) is 12.4. The van der Waals surface area contributed by atoms with E-state index in [2.05, 4.69) is 46.1 Å². The van der Waals surface area contributed by atoms with E-state index in [-0.39, 0.29) is 11.6 Å². The maximum absolute atomic E-state index is 12.4. The number of allylic oxidation sites excluding steroid dienone is 1. The number of hydrogen-bond donors (Lipinski definition) is 2. The highest BCUT2D eigenvalue weighted by molar-refractivity contribution is 6.74. The molecule has 0 aromatic carbocycles. The Morgan fingerprint density at radius 1 is 0.886 bits per heavy atom. The fourth-order valence-corrected chi connectivity index (χ4v) is 4.52. The van der Waals surface area contributed by atoms with Crippen molar-refractivity contribution in [1.82, 2.24) is 5.32 Å². The average molecular weight is 514 g/mol. The van der Waals surface area contributed by atoms with Crippen LogP contribution < -0.4 is 5.32 Å². The summed E-state index contributed by atoms with van der Waals surface area (Å²) in [6.07, 6.45) is 18.0. The highest BCUT2D eigenvalue weighted by atomic mass is 28.4. The van der Waals surface area contributed by atoms with Gasteiger partial charge in [0.05, 0.1) is 18.8 Å². The second-order valence-electron chi connectivity index (χ2n) is 12.6. The number of hydrogen-bond acceptors (Lipinski definition) is 4. The summed E-state index contributed by atoms with van der Waals surface area (Å²) in [7, 11) is -2.01. The fraction of sp³-hybridized carbons (Fsp3) is 0.897. The van der Waals surface area contributed by atoms with E-state index in [1.54, 1.807) is 6.08 Å². The van der Waals surface area contributed by atoms with Crippen LogP contribution >= 0.6 is 0 Å². The van der Waals surface area contributed by atoms with E-state index in [0.29, 0.717) is 0 Å². The number of aliphatic hydroxyl groups excluding tert-OH is 1. The predicted molar refractivity (Wildman–Crippen MR) is 153 cm³/mol. The summed E-state index contributed by atoms with van der Waals surface area (Å²) in [5, 5.41) is 13.7. The van der Waals surface area contributed by atoms with Gasteiger partial charge in [-0.05, 0) is 51.7 Å². The number of nitrogens with one attached hydrogen (secondary N) is 1. The first-order valence-electron chi connectivity index (χ1n) is 14.2. The quantitative estimate of drug-likeness (QED) is 0.109. The Hall–Kier alpha value is -0.853. The molecule has 0 aliphatic rings. The van der Waals surface area contributed by atoms with Crippen molar-refractivity contribution in [3.05, 3.63) is 12.2 Å². The normalized spacial score (nSPS) is 14.8. The lowest BCUT2D eigenvalue weighted by atomic mass is 10.0. The molecule has 0 saturated carbocycles. The Labute approximate surface area is 219 Å². The van der Waals surface area contributed by atoms with Crippen LogP contribution in [0.25, 0.3) is 0 Å². The van der Waals surface area contributed by atoms with Gasteiger partial charge >= 0.3 is 6.09 Å². The number of alkyl carbamates (subject to hydrolysis) is 1. The summed E-state index contributed by atoms with van der Waals surface area (Å²) in [5.41, 5.74) is -0.592. The molecular formula is C29H59NO4Si. The van der Waals surface area contributed by atoms with Crippen molar-refractivity contribution in [3.63, 3.8) is 0 Å². The van der Waals surface area contributed by atoms with E-state index in [1.807, 2.05) is 26.8 Å². The van der Waals surface area contributed by atoms with E-state index in [9.17, 15) is 9.90 Å². The van der Waals surface area contributed by atoms with Gasteiger partial charge in [0, 0.05) is 0 Å². The summed E-state index contributed by atoms with van der Waals surface area (Å²) in [6, 6.07) is -0.549. The Morgan fingerprint density at radius 3 is 1.83 bits per heavy atom. The third kappa shape index (κ3) is 18.1. The van der Waals surface area contributed by atoms with E-state index in [1.165, 1.54) is 64.2 Å². The lowest BCUT2D eigenvalue weighted by Crippen LogP contribution is -2.51. The van der Waals surface area contributed by atoms with Gasteiger partial charge in [-0.3, -0.25) is 0 Å². The van der Waals surface area contributed by atoms with E-state index < -0.39 is 32.2 Å². The molecule has 0 rings (SSSR count). The minimum absolute atomic E-state index is 0.0549. The van der Waals surface area contributed by atoms with E-state index in [4.69, 9.17) is 9.16 Å². The highest BCUT2D eigenvalue weighted by Crippen LogP contribution is 2.36. The van der Waals surface area contributed by atoms with Gasteiger partial charge in [0.2, 0.25) is 0 Å². The largest absolute Gasteiger partial charge is 0.444 e. The van der Waals surface area contributed by atoms with Crippen molar-refractivity contribution in [2.24, 2.45) is 0 Å². The van der Waals surface area contributed by atoms with Crippen molar-refractivity contribution >= 4 is 14.4 Å². The zero-order valence-electron chi connectivity index (χ0n) is 24.7. The van der Waals surface area contributed by atoms with Gasteiger partial charge in [-0.2, -0.15) is 0 Å². The van der Waals surface area contributed by atoms with Crippen molar-refractivity contribution in [2.45, 2.75) is 161 Å². The van der Waals surface area contributed by atoms with Crippen LogP contribution in [0.1, 0.15) is 126 Å². The number of aliphatic hydroxyl groups is 1. The number of unbranched alkanes of at least 4 members (excludes halogenated alkanes) is 11. The molecule has 5 nitrogen and oxygen atoms in total. The van der Waals surface area contributed by atoms with Crippen molar-refractivity contribution in [3.8, 4) is 0 Å². The lowest BCUT2D eigenvalue weighted by Gasteiger charge is -2.37. The molecule has 208 valence electrons. The van der Waals surface area contributed by atoms with E-state index >= 15 is 0 Å². The molecule has 0 aromatic rings. The monoisotopic (exact) mass is 513 g/mol. The lowest BCUT2D eigenvalue weighted by molar-refractivity contribution is 0.0411. The molecule has 0 heterocycles. The highest BCUT2D eigenvalue weighted by Gasteiger charge is 2.38. The second-order valence-corrected chi connectivity index (χ2v) is 17.4. The maximum atomic E-state index is 12.4. The Bertz CT molecular complexity index is 578. The Morgan fingerprint density at radius 2 is 1.37 bits per heavy atom. The maximum Gasteiger partial charge on any atom is 0.408 e. The van der Waals surface area contributed by atoms with Crippen LogP contribution in [-0.4, -0.2) is 43.9 Å². The smallest absolute Gasteiger partial charge is 0.408 e. The van der Waals surface area contributed by atoms with Gasteiger partial charge in [-0.15, -0.1) is 0 Å². The molecule has 2 N–H and O–H groups in total. The third-order valence-electron chi connectivity index (χ3n) is 6.85. The molecule has 1 amide bonds. The molecule has 0 aliphatic carbocycles. The third-order valence-corrected chi connectivity index (χ3v) is 11.4. The summed E-state index contributed by atoms with van der Waals surface area (Å²) in [6.45, 7) is 18.9. The Kier molecular flexibility index (Phi) is 17.1. The number of rotatable bonds is 18. The fourth-order valence-electron chi connectivity index (χ4n) is 3.50. The molecular weight excluding hydrogens is 454 g/mol. The molecule has 0 bridgehead atoms. The standard InChI is InChI=1S/C29H59NO4Si/c1-10-11-12-13-14-15-16-17-18-19-20-21-22-23-26(31)25(30-27(32)34-28(2,3)4)24-33-35(8,9)29(5,6)7/h22-23,25-26,31H,10-21,24H2,1-9H3,(H,30,32)/b23-22+/t25-,26+/m0/s1. The van der Waals surface area contributed by atoms with Gasteiger partial charge in [-0.25, -0.2) is 4.79 Å². The number of ether oxygens (including phenoxy) is 1. The van der Waals surface area contributed by atoms with Crippen LogP contribution in [-0.2, 0) is 9.16 Å². The van der Waals surface area contributed by atoms with Crippen molar-refractivity contribution < 1.29 is 19.1 Å². The average Bonchev–Trinajstić information content (AvgIpc) is 2.72. The first-order chi connectivity index (χ1) is 16.2. The van der Waals surface area contributed by atoms with Gasteiger partial charge in [-0.1, -0.05) is 104 Å².